The van der Waals surface area contributed by atoms with Crippen molar-refractivity contribution in [1.29, 1.82) is 0 Å². The van der Waals surface area contributed by atoms with Gasteiger partial charge in [-0.05, 0) is 49.2 Å². The molecule has 0 saturated heterocycles. The fourth-order valence-corrected chi connectivity index (χ4v) is 5.48. The molecule has 0 radical (unpaired) electrons. The third-order valence-corrected chi connectivity index (χ3v) is 7.34. The van der Waals surface area contributed by atoms with Crippen LogP contribution in [0.25, 0.3) is 0 Å². The molecule has 174 valence electrons. The van der Waals surface area contributed by atoms with Crippen LogP contribution in [0, 0.1) is 12.7 Å². The predicted octanol–water partition coefficient (Wildman–Crippen LogP) is 5.08. The van der Waals surface area contributed by atoms with Gasteiger partial charge in [0.2, 0.25) is 9.84 Å². The summed E-state index contributed by atoms with van der Waals surface area (Å²) in [6.45, 7) is 2.96. The van der Waals surface area contributed by atoms with Gasteiger partial charge >= 0.3 is 6.18 Å². The second kappa shape index (κ2) is 7.91. The van der Waals surface area contributed by atoms with E-state index in [1.807, 2.05) is 0 Å². The largest absolute Gasteiger partial charge is 0.497 e. The molecule has 0 fully saturated rings. The first-order chi connectivity index (χ1) is 15.4. The molecule has 3 aromatic rings. The van der Waals surface area contributed by atoms with E-state index in [0.29, 0.717) is 5.56 Å². The lowest BCUT2D eigenvalue weighted by Crippen LogP contribution is -2.29. The Bertz CT molecular complexity index is 1380. The highest BCUT2D eigenvalue weighted by atomic mass is 32.2. The van der Waals surface area contributed by atoms with Crippen LogP contribution in [0.4, 0.5) is 23.4 Å². The summed E-state index contributed by atoms with van der Waals surface area (Å²) < 4.78 is 88.0. The lowest BCUT2D eigenvalue weighted by atomic mass is 10.0. The van der Waals surface area contributed by atoms with Crippen LogP contribution in [0.15, 0.2) is 64.0 Å². The molecule has 11 heteroatoms. The van der Waals surface area contributed by atoms with Gasteiger partial charge < -0.3 is 10.1 Å². The van der Waals surface area contributed by atoms with Crippen LogP contribution >= 0.6 is 0 Å². The normalized spacial score (nSPS) is 16.4. The topological polar surface area (TPSA) is 73.2 Å². The zero-order chi connectivity index (χ0) is 24.1. The first-order valence-electron chi connectivity index (χ1n) is 9.73. The van der Waals surface area contributed by atoms with E-state index in [0.717, 1.165) is 16.8 Å². The molecule has 0 bridgehead atoms. The molecule has 1 unspecified atom stereocenters. The molecule has 0 saturated carbocycles. The smallest absolute Gasteiger partial charge is 0.435 e. The van der Waals surface area contributed by atoms with E-state index >= 15 is 0 Å². The summed E-state index contributed by atoms with van der Waals surface area (Å²) in [6.07, 6.45) is -4.76. The van der Waals surface area contributed by atoms with Gasteiger partial charge in [-0.2, -0.15) is 18.3 Å². The molecule has 1 N–H and O–H groups in total. The number of allylic oxidation sites excluding steroid dienone is 2. The monoisotopic (exact) mass is 481 g/mol. The van der Waals surface area contributed by atoms with Crippen molar-refractivity contribution in [1.82, 2.24) is 9.78 Å². The van der Waals surface area contributed by atoms with Gasteiger partial charge in [0.05, 0.1) is 16.9 Å². The van der Waals surface area contributed by atoms with E-state index in [1.165, 1.54) is 51.3 Å². The van der Waals surface area contributed by atoms with Crippen LogP contribution in [0.3, 0.4) is 0 Å². The highest BCUT2D eigenvalue weighted by Gasteiger charge is 2.41. The summed E-state index contributed by atoms with van der Waals surface area (Å²) >= 11 is 0. The lowest BCUT2D eigenvalue weighted by molar-refractivity contribution is -0.141. The van der Waals surface area contributed by atoms with Crippen molar-refractivity contribution in [3.8, 4) is 5.75 Å². The number of sulfone groups is 1. The predicted molar refractivity (Wildman–Crippen MR) is 113 cm³/mol. The number of hydrogen-bond donors (Lipinski definition) is 1. The summed E-state index contributed by atoms with van der Waals surface area (Å²) in [5.41, 5.74) is -0.652. The van der Waals surface area contributed by atoms with E-state index in [-0.39, 0.29) is 32.6 Å². The Morgan fingerprint density at radius 3 is 2.45 bits per heavy atom. The molecule has 2 aromatic carbocycles. The number of fused-ring (bicyclic) bond motifs is 1. The van der Waals surface area contributed by atoms with Gasteiger partial charge in [0.1, 0.15) is 23.4 Å². The number of benzene rings is 2. The molecule has 2 heterocycles. The van der Waals surface area contributed by atoms with Gasteiger partial charge in [-0.15, -0.1) is 0 Å². The average molecular weight is 481 g/mol. The SMILES string of the molecule is COc1cccc(S(=O)(=O)C2=C(C)Nc3cc(C(F)(F)F)nn3C2c2ccc(C)c(F)c2)c1. The molecule has 1 atom stereocenters. The van der Waals surface area contributed by atoms with Crippen LogP contribution in [-0.2, 0) is 16.0 Å². The van der Waals surface area contributed by atoms with Crippen LogP contribution in [0.5, 0.6) is 5.75 Å². The number of rotatable bonds is 4. The number of halogens is 4. The van der Waals surface area contributed by atoms with Gasteiger partial charge in [-0.1, -0.05) is 18.2 Å². The summed E-state index contributed by atoms with van der Waals surface area (Å²) in [5, 5.41) is 6.35. The van der Waals surface area contributed by atoms with Crippen molar-refractivity contribution in [3.63, 3.8) is 0 Å². The zero-order valence-corrected chi connectivity index (χ0v) is 18.6. The van der Waals surface area contributed by atoms with Gasteiger partial charge in [0.25, 0.3) is 0 Å². The summed E-state index contributed by atoms with van der Waals surface area (Å²) in [6, 6.07) is 9.19. The molecule has 1 aliphatic heterocycles. The Kier molecular flexibility index (Phi) is 5.47. The van der Waals surface area contributed by atoms with E-state index < -0.39 is 33.6 Å². The molecular formula is C22H19F4N3O3S. The minimum atomic E-state index is -4.76. The molecule has 0 spiro atoms. The standard InChI is InChI=1S/C22H19F4N3O3S/c1-12-7-8-14(9-17(12)23)20-21(33(30,31)16-6-4-5-15(10-16)32-3)13(2)27-19-11-18(22(24,25)26)28-29(19)20/h4-11,20,27H,1-3H3. The van der Waals surface area contributed by atoms with Crippen molar-refractivity contribution >= 4 is 15.7 Å². The van der Waals surface area contributed by atoms with Crippen LogP contribution < -0.4 is 10.1 Å². The molecule has 4 rings (SSSR count). The third-order valence-electron chi connectivity index (χ3n) is 5.36. The molecule has 0 aliphatic carbocycles. The first-order valence-corrected chi connectivity index (χ1v) is 11.2. The van der Waals surface area contributed by atoms with Crippen LogP contribution in [0.1, 0.15) is 29.8 Å². The number of alkyl halides is 3. The van der Waals surface area contributed by atoms with E-state index in [1.54, 1.807) is 6.07 Å². The second-order valence-corrected chi connectivity index (χ2v) is 9.48. The lowest BCUT2D eigenvalue weighted by Gasteiger charge is -2.30. The molecular weight excluding hydrogens is 462 g/mol. The maximum Gasteiger partial charge on any atom is 0.435 e. The highest BCUT2D eigenvalue weighted by Crippen LogP contribution is 2.43. The molecule has 33 heavy (non-hydrogen) atoms. The molecule has 1 aromatic heterocycles. The maximum absolute atomic E-state index is 14.4. The van der Waals surface area contributed by atoms with E-state index in [9.17, 15) is 26.0 Å². The Labute approximate surface area is 187 Å². The van der Waals surface area contributed by atoms with Crippen molar-refractivity contribution in [2.24, 2.45) is 0 Å². The number of hydrogen-bond acceptors (Lipinski definition) is 5. The fourth-order valence-electron chi connectivity index (χ4n) is 3.71. The van der Waals surface area contributed by atoms with Gasteiger partial charge in [0, 0.05) is 11.8 Å². The number of nitrogens with zero attached hydrogens (tertiary/aromatic N) is 2. The van der Waals surface area contributed by atoms with Crippen LogP contribution in [0.2, 0.25) is 0 Å². The highest BCUT2D eigenvalue weighted by molar-refractivity contribution is 7.95. The Morgan fingerprint density at radius 2 is 1.82 bits per heavy atom. The zero-order valence-electron chi connectivity index (χ0n) is 17.7. The molecule has 0 amide bonds. The average Bonchev–Trinajstić information content (AvgIpc) is 3.19. The number of nitrogens with one attached hydrogen (secondary N) is 1. The van der Waals surface area contributed by atoms with Crippen molar-refractivity contribution in [2.75, 3.05) is 12.4 Å². The summed E-state index contributed by atoms with van der Waals surface area (Å²) in [5.74, 6) is -0.392. The van der Waals surface area contributed by atoms with Crippen LogP contribution in [-0.4, -0.2) is 25.3 Å². The third kappa shape index (κ3) is 3.97. The quantitative estimate of drug-likeness (QED) is 0.527. The Hall–Kier alpha value is -3.34. The van der Waals surface area contributed by atoms with Gasteiger partial charge in [-0.25, -0.2) is 17.5 Å². The number of aromatic nitrogens is 2. The Balaban J connectivity index is 1.97. The minimum absolute atomic E-state index is 0.0598. The van der Waals surface area contributed by atoms with E-state index in [4.69, 9.17) is 4.74 Å². The van der Waals surface area contributed by atoms with Crippen molar-refractivity contribution in [3.05, 3.63) is 81.8 Å². The summed E-state index contributed by atoms with van der Waals surface area (Å²) in [7, 11) is -2.88. The van der Waals surface area contributed by atoms with Gasteiger partial charge in [-0.3, -0.25) is 0 Å². The van der Waals surface area contributed by atoms with Crippen molar-refractivity contribution < 1.29 is 30.7 Å². The van der Waals surface area contributed by atoms with Gasteiger partial charge in [0.15, 0.2) is 5.69 Å². The number of ether oxygens (including phenoxy) is 1. The summed E-state index contributed by atoms with van der Waals surface area (Å²) in [4.78, 5) is -0.370. The van der Waals surface area contributed by atoms with Crippen molar-refractivity contribution in [2.45, 2.75) is 31.0 Å². The first kappa shape index (κ1) is 22.8. The fraction of sp³-hybridized carbons (Fsp3) is 0.227. The second-order valence-electron chi connectivity index (χ2n) is 7.56. The number of aryl methyl sites for hydroxylation is 1. The Morgan fingerprint density at radius 1 is 1.09 bits per heavy atom. The minimum Gasteiger partial charge on any atom is -0.497 e. The molecule has 6 nitrogen and oxygen atoms in total. The molecule has 1 aliphatic rings. The number of anilines is 1. The maximum atomic E-state index is 14.4. The van der Waals surface area contributed by atoms with E-state index in [2.05, 4.69) is 10.4 Å². The number of methoxy groups -OCH3 is 1.